The van der Waals surface area contributed by atoms with Crippen LogP contribution in [0.2, 0.25) is 0 Å². The van der Waals surface area contributed by atoms with E-state index < -0.39 is 0 Å². The average molecular weight is 237 g/mol. The first kappa shape index (κ1) is 12.9. The van der Waals surface area contributed by atoms with Gasteiger partial charge in [-0.1, -0.05) is 80.9 Å². The Balaban J connectivity index is 2.53. The van der Waals surface area contributed by atoms with Gasteiger partial charge in [0.2, 0.25) is 0 Å². The summed E-state index contributed by atoms with van der Waals surface area (Å²) in [7, 11) is 0. The maximum Gasteiger partial charge on any atom is 0.0200 e. The third-order valence-electron chi connectivity index (χ3n) is 3.86. The van der Waals surface area contributed by atoms with E-state index >= 15 is 0 Å². The standard InChI is InChI=1S/C18H21/c1-3-15-18(4-2,16-11-7-5-8-12-16)17-13-9-6-10-14-17/h5-14H,1,3-4,15H2,2H3. The number of benzene rings is 2. The van der Waals surface area contributed by atoms with Crippen LogP contribution in [0.1, 0.15) is 37.3 Å². The highest BCUT2D eigenvalue weighted by Gasteiger charge is 2.30. The van der Waals surface area contributed by atoms with Crippen molar-refractivity contribution in [1.82, 2.24) is 0 Å². The van der Waals surface area contributed by atoms with Gasteiger partial charge in [0, 0.05) is 5.41 Å². The van der Waals surface area contributed by atoms with E-state index in [1.54, 1.807) is 0 Å². The van der Waals surface area contributed by atoms with Gasteiger partial charge in [0.05, 0.1) is 0 Å². The molecule has 2 aromatic rings. The van der Waals surface area contributed by atoms with Gasteiger partial charge >= 0.3 is 0 Å². The number of hydrogen-bond donors (Lipinski definition) is 0. The molecule has 2 rings (SSSR count). The van der Waals surface area contributed by atoms with Gasteiger partial charge in [0.1, 0.15) is 0 Å². The summed E-state index contributed by atoms with van der Waals surface area (Å²) in [5.41, 5.74) is 2.93. The Hall–Kier alpha value is -1.56. The van der Waals surface area contributed by atoms with Gasteiger partial charge in [-0.2, -0.15) is 0 Å². The van der Waals surface area contributed by atoms with Gasteiger partial charge in [-0.25, -0.2) is 0 Å². The first-order valence-electron chi connectivity index (χ1n) is 6.74. The van der Waals surface area contributed by atoms with Gasteiger partial charge < -0.3 is 0 Å². The van der Waals surface area contributed by atoms with Crippen LogP contribution in [0.4, 0.5) is 0 Å². The van der Waals surface area contributed by atoms with Crippen LogP contribution >= 0.6 is 0 Å². The molecule has 0 nitrogen and oxygen atoms in total. The van der Waals surface area contributed by atoms with Gasteiger partial charge in [-0.3, -0.25) is 0 Å². The second-order valence-corrected chi connectivity index (χ2v) is 4.77. The fourth-order valence-electron chi connectivity index (χ4n) is 2.86. The predicted molar refractivity (Wildman–Crippen MR) is 78.5 cm³/mol. The fraction of sp³-hybridized carbons (Fsp3) is 0.278. The molecule has 0 heterocycles. The van der Waals surface area contributed by atoms with Crippen molar-refractivity contribution in [2.75, 3.05) is 0 Å². The van der Waals surface area contributed by atoms with Crippen molar-refractivity contribution in [2.24, 2.45) is 0 Å². The molecule has 0 unspecified atom stereocenters. The van der Waals surface area contributed by atoms with E-state index in [-0.39, 0.29) is 5.41 Å². The fourth-order valence-corrected chi connectivity index (χ4v) is 2.86. The molecule has 0 bridgehead atoms. The van der Waals surface area contributed by atoms with Crippen molar-refractivity contribution in [3.05, 3.63) is 78.7 Å². The third kappa shape index (κ3) is 2.33. The molecule has 2 aromatic carbocycles. The molecule has 0 aliphatic heterocycles. The van der Waals surface area contributed by atoms with Crippen LogP contribution in [0, 0.1) is 6.92 Å². The maximum atomic E-state index is 4.07. The molecule has 18 heavy (non-hydrogen) atoms. The summed E-state index contributed by atoms with van der Waals surface area (Å²) in [4.78, 5) is 0. The topological polar surface area (TPSA) is 0 Å². The summed E-state index contributed by atoms with van der Waals surface area (Å²) in [6, 6.07) is 21.7. The van der Waals surface area contributed by atoms with Crippen molar-refractivity contribution in [3.8, 4) is 0 Å². The lowest BCUT2D eigenvalue weighted by Gasteiger charge is -2.34. The molecule has 0 atom stereocenters. The van der Waals surface area contributed by atoms with Crippen molar-refractivity contribution in [1.29, 1.82) is 0 Å². The summed E-state index contributed by atoms with van der Waals surface area (Å²) in [6.45, 7) is 6.34. The lowest BCUT2D eigenvalue weighted by molar-refractivity contribution is 0.459. The Bertz CT molecular complexity index is 416. The molecular formula is C18H21. The monoisotopic (exact) mass is 237 g/mol. The first-order chi connectivity index (χ1) is 8.83. The molecule has 0 aliphatic rings. The Morgan fingerprint density at radius 1 is 0.833 bits per heavy atom. The number of hydrogen-bond acceptors (Lipinski definition) is 0. The molecule has 93 valence electrons. The summed E-state index contributed by atoms with van der Waals surface area (Å²) in [5, 5.41) is 0. The Morgan fingerprint density at radius 2 is 1.28 bits per heavy atom. The van der Waals surface area contributed by atoms with Crippen LogP contribution in [0.5, 0.6) is 0 Å². The SMILES string of the molecule is [CH2]CCC(CC)(c1ccccc1)c1ccccc1. The summed E-state index contributed by atoms with van der Waals surface area (Å²) in [5.74, 6) is 0. The van der Waals surface area contributed by atoms with Crippen molar-refractivity contribution in [2.45, 2.75) is 31.6 Å². The lowest BCUT2D eigenvalue weighted by atomic mass is 9.69. The van der Waals surface area contributed by atoms with E-state index in [0.29, 0.717) is 0 Å². The highest BCUT2D eigenvalue weighted by molar-refractivity contribution is 5.39. The summed E-state index contributed by atoms with van der Waals surface area (Å²) < 4.78 is 0. The quantitative estimate of drug-likeness (QED) is 0.686. The van der Waals surface area contributed by atoms with Crippen LogP contribution < -0.4 is 0 Å². The molecule has 0 heteroatoms. The Morgan fingerprint density at radius 3 is 1.61 bits per heavy atom. The minimum Gasteiger partial charge on any atom is -0.0642 e. The summed E-state index contributed by atoms with van der Waals surface area (Å²) in [6.07, 6.45) is 3.16. The van der Waals surface area contributed by atoms with E-state index in [1.165, 1.54) is 11.1 Å². The molecule has 0 saturated carbocycles. The molecule has 0 aromatic heterocycles. The van der Waals surface area contributed by atoms with Gasteiger partial charge in [-0.15, -0.1) is 0 Å². The zero-order valence-electron chi connectivity index (χ0n) is 11.1. The first-order valence-corrected chi connectivity index (χ1v) is 6.74. The van der Waals surface area contributed by atoms with Gasteiger partial charge in [0.25, 0.3) is 0 Å². The molecule has 1 radical (unpaired) electrons. The van der Waals surface area contributed by atoms with E-state index in [4.69, 9.17) is 0 Å². The van der Waals surface area contributed by atoms with E-state index in [2.05, 4.69) is 74.5 Å². The van der Waals surface area contributed by atoms with Crippen LogP contribution in [0.3, 0.4) is 0 Å². The van der Waals surface area contributed by atoms with Crippen LogP contribution in [-0.2, 0) is 5.41 Å². The second kappa shape index (κ2) is 5.86. The zero-order chi connectivity index (χ0) is 12.8. The van der Waals surface area contributed by atoms with E-state index in [9.17, 15) is 0 Å². The Kier molecular flexibility index (Phi) is 4.19. The minimum atomic E-state index is 0.115. The normalized spacial score (nSPS) is 11.4. The van der Waals surface area contributed by atoms with Crippen LogP contribution in [0.25, 0.3) is 0 Å². The average Bonchev–Trinajstić information content (AvgIpc) is 2.47. The van der Waals surface area contributed by atoms with Crippen molar-refractivity contribution in [3.63, 3.8) is 0 Å². The van der Waals surface area contributed by atoms with Crippen LogP contribution in [-0.4, -0.2) is 0 Å². The number of rotatable bonds is 5. The minimum absolute atomic E-state index is 0.115. The zero-order valence-corrected chi connectivity index (χ0v) is 11.1. The molecule has 0 fully saturated rings. The highest BCUT2D eigenvalue weighted by atomic mass is 14.3. The molecular weight excluding hydrogens is 216 g/mol. The second-order valence-electron chi connectivity index (χ2n) is 4.77. The van der Waals surface area contributed by atoms with E-state index in [0.717, 1.165) is 19.3 Å². The largest absolute Gasteiger partial charge is 0.0642 e. The highest BCUT2D eigenvalue weighted by Crippen LogP contribution is 2.39. The molecule has 0 saturated heterocycles. The predicted octanol–water partition coefficient (Wildman–Crippen LogP) is 5.00. The Labute approximate surface area is 111 Å². The molecule has 0 amide bonds. The molecule has 0 N–H and O–H groups in total. The van der Waals surface area contributed by atoms with E-state index in [1.807, 2.05) is 0 Å². The van der Waals surface area contributed by atoms with Crippen molar-refractivity contribution >= 4 is 0 Å². The molecule has 0 spiro atoms. The van der Waals surface area contributed by atoms with Crippen molar-refractivity contribution < 1.29 is 0 Å². The smallest absolute Gasteiger partial charge is 0.0200 e. The summed E-state index contributed by atoms with van der Waals surface area (Å²) >= 11 is 0. The molecule has 0 aliphatic carbocycles. The maximum absolute atomic E-state index is 4.07. The van der Waals surface area contributed by atoms with Gasteiger partial charge in [-0.05, 0) is 24.0 Å². The third-order valence-corrected chi connectivity index (χ3v) is 3.86. The van der Waals surface area contributed by atoms with Gasteiger partial charge in [0.15, 0.2) is 0 Å². The lowest BCUT2D eigenvalue weighted by Crippen LogP contribution is -2.26. The van der Waals surface area contributed by atoms with Crippen LogP contribution in [0.15, 0.2) is 60.7 Å².